The van der Waals surface area contributed by atoms with Crippen LogP contribution in [0.1, 0.15) is 56.3 Å². The fourth-order valence-electron chi connectivity index (χ4n) is 3.18. The second-order valence-corrected chi connectivity index (χ2v) is 5.77. The number of aryl methyl sites for hydroxylation is 1. The van der Waals surface area contributed by atoms with Gasteiger partial charge in [0.1, 0.15) is 11.9 Å². The minimum Gasteiger partial charge on any atom is -0.386 e. The molecule has 0 saturated heterocycles. The summed E-state index contributed by atoms with van der Waals surface area (Å²) >= 11 is 0. The number of halogens is 1. The predicted molar refractivity (Wildman–Crippen MR) is 78.1 cm³/mol. The van der Waals surface area contributed by atoms with Crippen LogP contribution in [0.2, 0.25) is 0 Å². The highest BCUT2D eigenvalue weighted by Gasteiger charge is 2.31. The van der Waals surface area contributed by atoms with Gasteiger partial charge in [-0.1, -0.05) is 31.4 Å². The summed E-state index contributed by atoms with van der Waals surface area (Å²) in [5.74, 6) is 0.177. The molecule has 1 aromatic carbocycles. The Hall–Kier alpha value is -0.930. The Kier molecular flexibility index (Phi) is 5.55. The van der Waals surface area contributed by atoms with Crippen LogP contribution in [-0.2, 0) is 4.74 Å². The molecule has 2 rings (SSSR count). The smallest absolute Gasteiger partial charge is 0.126 e. The SMILES string of the molecule is CCOC(C1CCCCC1)C(O)c1ccc(F)c(C)c1. The van der Waals surface area contributed by atoms with Gasteiger partial charge < -0.3 is 9.84 Å². The Morgan fingerprint density at radius 2 is 2.00 bits per heavy atom. The molecule has 0 heterocycles. The van der Waals surface area contributed by atoms with Crippen molar-refractivity contribution in [3.8, 4) is 0 Å². The van der Waals surface area contributed by atoms with Crippen LogP contribution in [-0.4, -0.2) is 17.8 Å². The van der Waals surface area contributed by atoms with Crippen LogP contribution in [0.15, 0.2) is 18.2 Å². The van der Waals surface area contributed by atoms with E-state index < -0.39 is 6.10 Å². The van der Waals surface area contributed by atoms with Gasteiger partial charge in [-0.05, 0) is 49.8 Å². The molecule has 1 aliphatic carbocycles. The van der Waals surface area contributed by atoms with Crippen molar-refractivity contribution in [3.05, 3.63) is 35.1 Å². The van der Waals surface area contributed by atoms with E-state index in [0.717, 1.165) is 18.4 Å². The zero-order valence-electron chi connectivity index (χ0n) is 12.4. The van der Waals surface area contributed by atoms with E-state index >= 15 is 0 Å². The third-order valence-corrected chi connectivity index (χ3v) is 4.31. The molecule has 0 radical (unpaired) electrons. The number of aliphatic hydroxyl groups excluding tert-OH is 1. The summed E-state index contributed by atoms with van der Waals surface area (Å²) in [6.07, 6.45) is 5.08. The van der Waals surface area contributed by atoms with Crippen LogP contribution in [0.5, 0.6) is 0 Å². The first kappa shape index (κ1) is 15.5. The van der Waals surface area contributed by atoms with Gasteiger partial charge in [-0.25, -0.2) is 4.39 Å². The van der Waals surface area contributed by atoms with Gasteiger partial charge in [0.05, 0.1) is 6.10 Å². The van der Waals surface area contributed by atoms with Crippen LogP contribution in [0.4, 0.5) is 4.39 Å². The topological polar surface area (TPSA) is 29.5 Å². The second-order valence-electron chi connectivity index (χ2n) is 5.77. The molecule has 2 atom stereocenters. The molecule has 1 N–H and O–H groups in total. The lowest BCUT2D eigenvalue weighted by Gasteiger charge is -2.33. The summed E-state index contributed by atoms with van der Waals surface area (Å²) in [7, 11) is 0. The minimum absolute atomic E-state index is 0.176. The molecule has 0 aromatic heterocycles. The van der Waals surface area contributed by atoms with Gasteiger partial charge in [-0.2, -0.15) is 0 Å². The Morgan fingerprint density at radius 3 is 2.60 bits per heavy atom. The summed E-state index contributed by atoms with van der Waals surface area (Å²) in [6.45, 7) is 4.28. The molecule has 0 amide bonds. The third-order valence-electron chi connectivity index (χ3n) is 4.31. The highest BCUT2D eigenvalue weighted by atomic mass is 19.1. The van der Waals surface area contributed by atoms with Crippen molar-refractivity contribution < 1.29 is 14.2 Å². The van der Waals surface area contributed by atoms with Gasteiger partial charge in [0.15, 0.2) is 0 Å². The number of hydrogen-bond acceptors (Lipinski definition) is 2. The van der Waals surface area contributed by atoms with E-state index in [4.69, 9.17) is 4.74 Å². The van der Waals surface area contributed by atoms with Crippen molar-refractivity contribution in [2.45, 2.75) is 58.2 Å². The Labute approximate surface area is 121 Å². The van der Waals surface area contributed by atoms with Crippen molar-refractivity contribution in [1.82, 2.24) is 0 Å². The third kappa shape index (κ3) is 3.58. The van der Waals surface area contributed by atoms with Crippen molar-refractivity contribution in [3.63, 3.8) is 0 Å². The summed E-state index contributed by atoms with van der Waals surface area (Å²) in [6, 6.07) is 4.83. The van der Waals surface area contributed by atoms with E-state index in [-0.39, 0.29) is 11.9 Å². The number of rotatable bonds is 5. The lowest BCUT2D eigenvalue weighted by molar-refractivity contribution is -0.0739. The molecule has 1 saturated carbocycles. The average molecular weight is 280 g/mol. The fraction of sp³-hybridized carbons (Fsp3) is 0.647. The zero-order valence-corrected chi connectivity index (χ0v) is 12.4. The second kappa shape index (κ2) is 7.19. The number of hydrogen-bond donors (Lipinski definition) is 1. The van der Waals surface area contributed by atoms with Crippen molar-refractivity contribution in [1.29, 1.82) is 0 Å². The lowest BCUT2D eigenvalue weighted by Crippen LogP contribution is -2.32. The Balaban J connectivity index is 2.16. The van der Waals surface area contributed by atoms with E-state index in [2.05, 4.69) is 0 Å². The molecular weight excluding hydrogens is 255 g/mol. The molecule has 0 spiro atoms. The van der Waals surface area contributed by atoms with Crippen LogP contribution in [0.25, 0.3) is 0 Å². The zero-order chi connectivity index (χ0) is 14.5. The molecular formula is C17H25FO2. The normalized spacial score (nSPS) is 19.8. The summed E-state index contributed by atoms with van der Waals surface area (Å²) < 4.78 is 19.2. The van der Waals surface area contributed by atoms with Gasteiger partial charge in [-0.15, -0.1) is 0 Å². The number of benzene rings is 1. The lowest BCUT2D eigenvalue weighted by atomic mass is 9.81. The maximum Gasteiger partial charge on any atom is 0.126 e. The fourth-order valence-corrected chi connectivity index (χ4v) is 3.18. The summed E-state index contributed by atoms with van der Waals surface area (Å²) in [5.41, 5.74) is 1.33. The van der Waals surface area contributed by atoms with Gasteiger partial charge in [0.2, 0.25) is 0 Å². The van der Waals surface area contributed by atoms with Gasteiger partial charge in [0.25, 0.3) is 0 Å². The summed E-state index contributed by atoms with van der Waals surface area (Å²) in [5, 5.41) is 10.6. The van der Waals surface area contributed by atoms with Crippen LogP contribution in [0.3, 0.4) is 0 Å². The maximum absolute atomic E-state index is 13.4. The highest BCUT2D eigenvalue weighted by Crippen LogP contribution is 2.34. The molecule has 3 heteroatoms. The quantitative estimate of drug-likeness (QED) is 0.878. The monoisotopic (exact) mass is 280 g/mol. The Morgan fingerprint density at radius 1 is 1.30 bits per heavy atom. The maximum atomic E-state index is 13.4. The molecule has 1 aromatic rings. The van der Waals surface area contributed by atoms with Gasteiger partial charge in [0, 0.05) is 6.61 Å². The van der Waals surface area contributed by atoms with Crippen LogP contribution in [0, 0.1) is 18.7 Å². The predicted octanol–water partition coefficient (Wildman–Crippen LogP) is 4.15. The van der Waals surface area contributed by atoms with E-state index in [1.54, 1.807) is 19.1 Å². The number of ether oxygens (including phenoxy) is 1. The minimum atomic E-state index is -0.669. The van der Waals surface area contributed by atoms with Crippen LogP contribution < -0.4 is 0 Å². The molecule has 1 aliphatic rings. The van der Waals surface area contributed by atoms with Crippen molar-refractivity contribution >= 4 is 0 Å². The average Bonchev–Trinajstić information content (AvgIpc) is 2.48. The molecule has 1 fully saturated rings. The first-order chi connectivity index (χ1) is 9.63. The molecule has 0 aliphatic heterocycles. The first-order valence-corrected chi connectivity index (χ1v) is 7.69. The van der Waals surface area contributed by atoms with Gasteiger partial charge in [-0.3, -0.25) is 0 Å². The highest BCUT2D eigenvalue weighted by molar-refractivity contribution is 5.26. The molecule has 2 nitrogen and oxygen atoms in total. The number of aliphatic hydroxyl groups is 1. The van der Waals surface area contributed by atoms with Crippen LogP contribution >= 0.6 is 0 Å². The van der Waals surface area contributed by atoms with E-state index in [0.29, 0.717) is 18.1 Å². The van der Waals surface area contributed by atoms with Gasteiger partial charge >= 0.3 is 0 Å². The van der Waals surface area contributed by atoms with Crippen molar-refractivity contribution in [2.75, 3.05) is 6.61 Å². The summed E-state index contributed by atoms with van der Waals surface area (Å²) in [4.78, 5) is 0. The molecule has 2 unspecified atom stereocenters. The standard InChI is InChI=1S/C17H25FO2/c1-3-20-17(13-7-5-4-6-8-13)16(19)14-9-10-15(18)12(2)11-14/h9-11,13,16-17,19H,3-8H2,1-2H3. The molecule has 112 valence electrons. The van der Waals surface area contributed by atoms with E-state index in [1.165, 1.54) is 25.3 Å². The van der Waals surface area contributed by atoms with E-state index in [9.17, 15) is 9.50 Å². The molecule has 0 bridgehead atoms. The van der Waals surface area contributed by atoms with Crippen molar-refractivity contribution in [2.24, 2.45) is 5.92 Å². The largest absolute Gasteiger partial charge is 0.386 e. The first-order valence-electron chi connectivity index (χ1n) is 7.69. The van der Waals surface area contributed by atoms with E-state index in [1.807, 2.05) is 6.92 Å². The Bertz CT molecular complexity index is 427. The molecule has 20 heavy (non-hydrogen) atoms.